The maximum absolute atomic E-state index is 12.9. The van der Waals surface area contributed by atoms with Gasteiger partial charge in [-0.15, -0.1) is 0 Å². The van der Waals surface area contributed by atoms with Crippen LogP contribution in [0.2, 0.25) is 0 Å². The van der Waals surface area contributed by atoms with E-state index in [4.69, 9.17) is 14.2 Å². The molecule has 196 valence electrons. The van der Waals surface area contributed by atoms with Crippen LogP contribution in [0, 0.1) is 0 Å². The smallest absolute Gasteiger partial charge is 0.229 e. The van der Waals surface area contributed by atoms with Crippen LogP contribution in [0.4, 0.5) is 0 Å². The Morgan fingerprint density at radius 2 is 1.81 bits per heavy atom. The van der Waals surface area contributed by atoms with E-state index in [1.165, 1.54) is 5.56 Å². The summed E-state index contributed by atoms with van der Waals surface area (Å²) in [5.41, 5.74) is 2.08. The maximum atomic E-state index is 12.9. The first-order valence-electron chi connectivity index (χ1n) is 13.6. The molecule has 0 spiro atoms. The lowest BCUT2D eigenvalue weighted by molar-refractivity contribution is -0.135. The Bertz CT molecular complexity index is 1120. The zero-order valence-electron chi connectivity index (χ0n) is 21.8. The molecule has 1 saturated heterocycles. The molecule has 1 N–H and O–H groups in total. The van der Waals surface area contributed by atoms with Crippen LogP contribution in [0.1, 0.15) is 79.7 Å². The van der Waals surface area contributed by atoms with E-state index in [9.17, 15) is 4.79 Å². The van der Waals surface area contributed by atoms with Gasteiger partial charge < -0.3 is 19.5 Å². The zero-order chi connectivity index (χ0) is 25.5. The summed E-state index contributed by atoms with van der Waals surface area (Å²) < 4.78 is 11.3. The summed E-state index contributed by atoms with van der Waals surface area (Å²) >= 11 is 0. The van der Waals surface area contributed by atoms with Crippen molar-refractivity contribution in [3.8, 4) is 0 Å². The first kappa shape index (κ1) is 25.6. The van der Waals surface area contributed by atoms with Gasteiger partial charge in [0.2, 0.25) is 11.8 Å². The number of aromatic nitrogens is 2. The highest BCUT2D eigenvalue weighted by molar-refractivity contribution is 5.77. The molecule has 3 aromatic rings. The van der Waals surface area contributed by atoms with Crippen LogP contribution >= 0.6 is 0 Å². The molecule has 2 aromatic carbocycles. The number of amides is 1. The van der Waals surface area contributed by atoms with Gasteiger partial charge in [-0.25, -0.2) is 0 Å². The maximum Gasteiger partial charge on any atom is 0.229 e. The van der Waals surface area contributed by atoms with Crippen molar-refractivity contribution in [1.82, 2.24) is 20.4 Å². The average molecular weight is 503 g/mol. The molecule has 1 saturated carbocycles. The molecule has 2 heterocycles. The van der Waals surface area contributed by atoms with Crippen LogP contribution in [0.25, 0.3) is 0 Å². The molecule has 2 fully saturated rings. The monoisotopic (exact) mass is 502 g/mol. The van der Waals surface area contributed by atoms with Gasteiger partial charge in [-0.05, 0) is 62.7 Å². The normalized spacial score (nSPS) is 18.7. The minimum absolute atomic E-state index is 0.00288. The predicted octanol–water partition coefficient (Wildman–Crippen LogP) is 5.05. The number of hydrogen-bond donors (Lipinski definition) is 1. The van der Waals surface area contributed by atoms with Gasteiger partial charge in [-0.3, -0.25) is 4.79 Å². The van der Waals surface area contributed by atoms with Crippen LogP contribution in [0.5, 0.6) is 0 Å². The molecule has 1 aromatic heterocycles. The lowest BCUT2D eigenvalue weighted by atomic mass is 9.77. The topological polar surface area (TPSA) is 80.5 Å². The molecular weight excluding hydrogens is 464 g/mol. The molecule has 0 radical (unpaired) electrons. The fourth-order valence-electron chi connectivity index (χ4n) is 5.57. The fourth-order valence-corrected chi connectivity index (χ4v) is 5.57. The summed E-state index contributed by atoms with van der Waals surface area (Å²) in [6, 6.07) is 20.6. The highest BCUT2D eigenvalue weighted by Gasteiger charge is 2.39. The summed E-state index contributed by atoms with van der Waals surface area (Å²) in [6.07, 6.45) is 7.10. The van der Waals surface area contributed by atoms with E-state index >= 15 is 0 Å². The van der Waals surface area contributed by atoms with E-state index in [0.29, 0.717) is 18.8 Å². The minimum atomic E-state index is -0.261. The third-order valence-electron chi connectivity index (χ3n) is 8.08. The highest BCUT2D eigenvalue weighted by Crippen LogP contribution is 2.38. The van der Waals surface area contributed by atoms with E-state index in [2.05, 4.69) is 39.6 Å². The average Bonchev–Trinajstić information content (AvgIpc) is 3.38. The summed E-state index contributed by atoms with van der Waals surface area (Å²) in [5.74, 6) is 1.91. The zero-order valence-corrected chi connectivity index (χ0v) is 21.8. The summed E-state index contributed by atoms with van der Waals surface area (Å²) in [6.45, 7) is 2.91. The van der Waals surface area contributed by atoms with Gasteiger partial charge >= 0.3 is 0 Å². The molecule has 0 bridgehead atoms. The predicted molar refractivity (Wildman–Crippen MR) is 142 cm³/mol. The Labute approximate surface area is 219 Å². The number of rotatable bonds is 11. The number of nitrogens with one attached hydrogen (secondary N) is 1. The first-order chi connectivity index (χ1) is 18.1. The second-order valence-corrected chi connectivity index (χ2v) is 10.6. The van der Waals surface area contributed by atoms with Crippen molar-refractivity contribution in [2.24, 2.45) is 0 Å². The number of methoxy groups -OCH3 is 1. The number of likely N-dealkylation sites (tertiary alicyclic amines) is 1. The van der Waals surface area contributed by atoms with Gasteiger partial charge in [0.05, 0.1) is 18.1 Å². The van der Waals surface area contributed by atoms with Crippen LogP contribution in [-0.4, -0.2) is 53.3 Å². The second kappa shape index (κ2) is 12.0. The van der Waals surface area contributed by atoms with Gasteiger partial charge in [0.15, 0.2) is 5.82 Å². The van der Waals surface area contributed by atoms with E-state index < -0.39 is 0 Å². The number of carbonyl (C=O) groups is 1. The van der Waals surface area contributed by atoms with Gasteiger partial charge in [0.1, 0.15) is 0 Å². The lowest BCUT2D eigenvalue weighted by Crippen LogP contribution is -2.45. The van der Waals surface area contributed by atoms with Crippen molar-refractivity contribution in [1.29, 1.82) is 0 Å². The number of benzene rings is 2. The molecule has 1 atom stereocenters. The Morgan fingerprint density at radius 1 is 1.11 bits per heavy atom. The van der Waals surface area contributed by atoms with Gasteiger partial charge in [-0.2, -0.15) is 4.98 Å². The molecule has 1 amide bonds. The van der Waals surface area contributed by atoms with Gasteiger partial charge in [-0.1, -0.05) is 65.8 Å². The highest BCUT2D eigenvalue weighted by atomic mass is 16.5. The van der Waals surface area contributed by atoms with E-state index in [0.717, 1.165) is 75.4 Å². The van der Waals surface area contributed by atoms with E-state index in [1.807, 2.05) is 36.4 Å². The first-order valence-corrected chi connectivity index (χ1v) is 13.6. The molecule has 0 unspecified atom stereocenters. The molecule has 7 nitrogen and oxygen atoms in total. The van der Waals surface area contributed by atoms with Crippen molar-refractivity contribution < 1.29 is 14.1 Å². The van der Waals surface area contributed by atoms with Gasteiger partial charge in [0.25, 0.3) is 0 Å². The van der Waals surface area contributed by atoms with Crippen LogP contribution in [0.3, 0.4) is 0 Å². The van der Waals surface area contributed by atoms with Crippen molar-refractivity contribution in [2.75, 3.05) is 26.7 Å². The van der Waals surface area contributed by atoms with Gasteiger partial charge in [0, 0.05) is 26.0 Å². The molecule has 37 heavy (non-hydrogen) atoms. The van der Waals surface area contributed by atoms with Crippen molar-refractivity contribution in [3.05, 3.63) is 83.5 Å². The molecule has 1 aliphatic carbocycles. The third kappa shape index (κ3) is 6.65. The van der Waals surface area contributed by atoms with Crippen molar-refractivity contribution in [3.63, 3.8) is 0 Å². The lowest BCUT2D eigenvalue weighted by Gasteiger charge is -2.40. The second-order valence-electron chi connectivity index (χ2n) is 10.6. The molecule has 2 aliphatic rings. The minimum Gasteiger partial charge on any atom is -0.378 e. The summed E-state index contributed by atoms with van der Waals surface area (Å²) in [7, 11) is 1.73. The fraction of sp³-hybridized carbons (Fsp3) is 0.500. The van der Waals surface area contributed by atoms with Crippen molar-refractivity contribution in [2.45, 2.75) is 68.9 Å². The number of carbonyl (C=O) groups excluding carboxylic acids is 1. The Balaban J connectivity index is 1.12. The Hall–Kier alpha value is -3.03. The number of ether oxygens (including phenoxy) is 1. The summed E-state index contributed by atoms with van der Waals surface area (Å²) in [5, 5.41) is 7.53. The number of nitrogens with zero attached hydrogens (tertiary/aromatic N) is 3. The molecule has 7 heteroatoms. The standard InChI is InChI=1S/C30H38N4O3/c1-36-30(16-8-17-30)22-28(35)31-26(24-11-6-3-7-12-24)15-20-34-18-13-25(14-19-34)29-32-27(33-37-29)21-23-9-4-2-5-10-23/h2-7,9-12,25-26H,8,13-22H2,1H3,(H,31,35)/t26-/m0/s1. The third-order valence-corrected chi connectivity index (χ3v) is 8.08. The molecule has 1 aliphatic heterocycles. The molecule has 5 rings (SSSR count). The number of hydrogen-bond acceptors (Lipinski definition) is 6. The quantitative estimate of drug-likeness (QED) is 0.395. The van der Waals surface area contributed by atoms with E-state index in [-0.39, 0.29) is 17.6 Å². The largest absolute Gasteiger partial charge is 0.378 e. The Morgan fingerprint density at radius 3 is 2.46 bits per heavy atom. The SMILES string of the molecule is COC1(CC(=O)N[C@@H](CCN2CCC(c3nc(Cc4ccccc4)no3)CC2)c2ccccc2)CCC1. The summed E-state index contributed by atoms with van der Waals surface area (Å²) in [4.78, 5) is 20.1. The van der Waals surface area contributed by atoms with Crippen LogP contribution in [-0.2, 0) is 16.0 Å². The number of piperidine rings is 1. The Kier molecular flexibility index (Phi) is 8.31. The van der Waals surface area contributed by atoms with E-state index in [1.54, 1.807) is 7.11 Å². The van der Waals surface area contributed by atoms with Crippen LogP contribution in [0.15, 0.2) is 65.2 Å². The molecular formula is C30H38N4O3. The van der Waals surface area contributed by atoms with Crippen LogP contribution < -0.4 is 5.32 Å². The van der Waals surface area contributed by atoms with Crippen molar-refractivity contribution >= 4 is 5.91 Å².